The summed E-state index contributed by atoms with van der Waals surface area (Å²) < 4.78 is 0. The van der Waals surface area contributed by atoms with E-state index in [0.29, 0.717) is 6.42 Å². The van der Waals surface area contributed by atoms with Crippen LogP contribution in [0.5, 0.6) is 0 Å². The van der Waals surface area contributed by atoms with Gasteiger partial charge in [-0.05, 0) is 86.8 Å². The van der Waals surface area contributed by atoms with E-state index in [1.165, 1.54) is 11.1 Å². The lowest BCUT2D eigenvalue weighted by molar-refractivity contribution is 1.41. The minimum atomic E-state index is 0.530. The van der Waals surface area contributed by atoms with Gasteiger partial charge in [0.05, 0.1) is 5.69 Å². The molecule has 8 rings (SSSR count). The van der Waals surface area contributed by atoms with Crippen LogP contribution in [0.2, 0.25) is 0 Å². The zero-order valence-corrected chi connectivity index (χ0v) is 31.0. The monoisotopic (exact) mass is 709 g/mol. The van der Waals surface area contributed by atoms with Crippen LogP contribution in [0.4, 0.5) is 5.69 Å². The van der Waals surface area contributed by atoms with Gasteiger partial charge >= 0.3 is 0 Å². The van der Waals surface area contributed by atoms with E-state index in [2.05, 4.69) is 213 Å². The molecule has 0 unspecified atom stereocenters. The number of hydrogen-bond donors (Lipinski definition) is 0. The number of hydrogen-bond acceptors (Lipinski definition) is 2. The Hall–Kier alpha value is -6.48. The molecule has 0 fully saturated rings. The first-order valence-electron chi connectivity index (χ1n) is 18.4. The highest BCUT2D eigenvalue weighted by molar-refractivity contribution is 7.81. The Bertz CT molecular complexity index is 2420. The highest BCUT2D eigenvalue weighted by Gasteiger charge is 2.21. The van der Waals surface area contributed by atoms with E-state index in [9.17, 15) is 0 Å². The lowest BCUT2D eigenvalue weighted by Gasteiger charge is -2.20. The number of aliphatic imine (C=N–C) groups is 1. The van der Waals surface area contributed by atoms with Crippen molar-refractivity contribution < 1.29 is 0 Å². The predicted octanol–water partition coefficient (Wildman–Crippen LogP) is 14.6. The molecule has 0 saturated carbocycles. The van der Waals surface area contributed by atoms with Gasteiger partial charge in [0, 0.05) is 33.7 Å². The third kappa shape index (κ3) is 7.52. The quantitative estimate of drug-likeness (QED) is 0.0782. The molecule has 0 N–H and O–H groups in total. The number of rotatable bonds is 10. The molecule has 2 heteroatoms. The van der Waals surface area contributed by atoms with Gasteiger partial charge in [0.2, 0.25) is 0 Å². The molecule has 0 aliphatic carbocycles. The summed E-state index contributed by atoms with van der Waals surface area (Å²) >= 11 is 6.50. The van der Waals surface area contributed by atoms with Crippen LogP contribution >= 0.6 is 12.2 Å². The molecule has 8 aromatic carbocycles. The lowest BCUT2D eigenvalue weighted by atomic mass is 9.85. The maximum atomic E-state index is 6.50. The summed E-state index contributed by atoms with van der Waals surface area (Å²) in [6.07, 6.45) is 0.530. The van der Waals surface area contributed by atoms with Crippen LogP contribution in [0.3, 0.4) is 0 Å². The minimum absolute atomic E-state index is 0.530. The molecule has 0 spiro atoms. The highest BCUT2D eigenvalue weighted by atomic mass is 32.1. The van der Waals surface area contributed by atoms with Crippen molar-refractivity contribution in [1.29, 1.82) is 0 Å². The Kier molecular flexibility index (Phi) is 10.3. The molecule has 0 amide bonds. The van der Waals surface area contributed by atoms with Crippen LogP contribution in [0.1, 0.15) is 18.9 Å². The average Bonchev–Trinajstić information content (AvgIpc) is 3.25. The van der Waals surface area contributed by atoms with Crippen molar-refractivity contribution in [1.82, 2.24) is 0 Å². The van der Waals surface area contributed by atoms with Gasteiger partial charge in [-0.3, -0.25) is 4.99 Å². The van der Waals surface area contributed by atoms with Crippen LogP contribution in [0, 0.1) is 0 Å². The molecule has 0 aromatic heterocycles. The Labute approximate surface area is 324 Å². The summed E-state index contributed by atoms with van der Waals surface area (Å²) in [5.74, 6) is 0. The molecule has 0 radical (unpaired) electrons. The summed E-state index contributed by atoms with van der Waals surface area (Å²) in [6, 6.07) is 72.8. The van der Waals surface area contributed by atoms with Crippen molar-refractivity contribution in [2.75, 3.05) is 0 Å². The van der Waals surface area contributed by atoms with Crippen LogP contribution in [0.25, 0.3) is 66.8 Å². The molecule has 0 aliphatic heterocycles. The van der Waals surface area contributed by atoms with Crippen molar-refractivity contribution in [3.05, 3.63) is 212 Å². The first kappa shape index (κ1) is 34.6. The predicted molar refractivity (Wildman–Crippen MR) is 235 cm³/mol. The second-order valence-electron chi connectivity index (χ2n) is 13.5. The van der Waals surface area contributed by atoms with E-state index >= 15 is 0 Å². The van der Waals surface area contributed by atoms with Crippen molar-refractivity contribution in [2.45, 2.75) is 13.3 Å². The van der Waals surface area contributed by atoms with Crippen LogP contribution < -0.4 is 0 Å². The highest BCUT2D eigenvalue weighted by Crippen LogP contribution is 2.44. The number of benzene rings is 8. The van der Waals surface area contributed by atoms with Crippen molar-refractivity contribution >= 4 is 28.5 Å². The maximum absolute atomic E-state index is 6.50. The Morgan fingerprint density at radius 2 is 0.648 bits per heavy atom. The fraction of sp³-hybridized carbons (Fsp3) is 0.0385. The average molecular weight is 710 g/mol. The van der Waals surface area contributed by atoms with E-state index in [4.69, 9.17) is 17.2 Å². The van der Waals surface area contributed by atoms with Gasteiger partial charge in [-0.2, -0.15) is 0 Å². The van der Waals surface area contributed by atoms with Crippen LogP contribution in [-0.2, 0) is 0 Å². The molecule has 54 heavy (non-hydrogen) atoms. The summed E-state index contributed by atoms with van der Waals surface area (Å²) in [4.78, 5) is 6.37. The Morgan fingerprint density at radius 1 is 0.370 bits per heavy atom. The van der Waals surface area contributed by atoms with E-state index in [0.717, 1.165) is 77.5 Å². The second-order valence-corrected chi connectivity index (χ2v) is 14.0. The van der Waals surface area contributed by atoms with Gasteiger partial charge in [0.25, 0.3) is 0 Å². The zero-order valence-electron chi connectivity index (χ0n) is 30.2. The lowest BCUT2D eigenvalue weighted by Crippen LogP contribution is -2.08. The van der Waals surface area contributed by atoms with Crippen LogP contribution in [-0.4, -0.2) is 10.6 Å². The third-order valence-electron chi connectivity index (χ3n) is 9.80. The number of nitrogens with zero attached hydrogens (tertiary/aromatic N) is 1. The molecule has 0 saturated heterocycles. The molecule has 8 aromatic rings. The van der Waals surface area contributed by atoms with Crippen molar-refractivity contribution in [3.63, 3.8) is 0 Å². The normalized spacial score (nSPS) is 11.3. The molecule has 0 atom stereocenters. The molecular weight excluding hydrogens is 671 g/mol. The van der Waals surface area contributed by atoms with E-state index < -0.39 is 0 Å². The fourth-order valence-corrected chi connectivity index (χ4v) is 7.64. The Balaban J connectivity index is 1.30. The second kappa shape index (κ2) is 16.0. The van der Waals surface area contributed by atoms with E-state index in [-0.39, 0.29) is 0 Å². The maximum Gasteiger partial charge on any atom is 0.0786 e. The van der Waals surface area contributed by atoms with Gasteiger partial charge in [-0.25, -0.2) is 0 Å². The topological polar surface area (TPSA) is 12.4 Å². The third-order valence-corrected chi connectivity index (χ3v) is 10.1. The van der Waals surface area contributed by atoms with Gasteiger partial charge in [0.1, 0.15) is 0 Å². The zero-order chi connectivity index (χ0) is 36.7. The van der Waals surface area contributed by atoms with Gasteiger partial charge in [-0.1, -0.05) is 194 Å². The van der Waals surface area contributed by atoms with Crippen molar-refractivity contribution in [2.24, 2.45) is 4.99 Å². The summed E-state index contributed by atoms with van der Waals surface area (Å²) in [6.45, 7) is 2.11. The van der Waals surface area contributed by atoms with Gasteiger partial charge < -0.3 is 0 Å². The summed E-state index contributed by atoms with van der Waals surface area (Å²) in [7, 11) is 0. The SMILES string of the molecule is CC(CC(=S)c1c(-c2ccccc2)cc(-c2ccccc2)cc1-c1ccccc1)=Nc1c(-c2ccccc2)cc(-c2ccccc2)cc1-c1ccccc1. The van der Waals surface area contributed by atoms with Crippen molar-refractivity contribution in [3.8, 4) is 66.8 Å². The first-order valence-corrected chi connectivity index (χ1v) is 18.8. The Morgan fingerprint density at radius 3 is 0.981 bits per heavy atom. The van der Waals surface area contributed by atoms with E-state index in [1.54, 1.807) is 0 Å². The van der Waals surface area contributed by atoms with Crippen LogP contribution in [0.15, 0.2) is 211 Å². The largest absolute Gasteiger partial charge is 0.256 e. The van der Waals surface area contributed by atoms with Gasteiger partial charge in [0.15, 0.2) is 0 Å². The molecular formula is C52H39NS. The molecule has 1 nitrogen and oxygen atoms in total. The molecule has 258 valence electrons. The summed E-state index contributed by atoms with van der Waals surface area (Å²) in [5, 5.41) is 0. The number of thiocarbonyl (C=S) groups is 1. The summed E-state index contributed by atoms with van der Waals surface area (Å²) in [5.41, 5.74) is 16.5. The van der Waals surface area contributed by atoms with Gasteiger partial charge in [-0.15, -0.1) is 0 Å². The minimum Gasteiger partial charge on any atom is -0.256 e. The van der Waals surface area contributed by atoms with E-state index in [1.807, 2.05) is 0 Å². The molecule has 0 aliphatic rings. The smallest absolute Gasteiger partial charge is 0.0786 e. The standard InChI is InChI=1S/C52H39NS/c1-37(53-52-48(42-28-16-6-17-29-42)35-45(39-22-10-3-11-23-39)36-49(52)43-30-18-7-19-31-43)32-50(54)51-46(40-24-12-4-13-25-40)33-44(38-20-8-2-9-21-38)34-47(51)41-26-14-5-15-27-41/h2-31,33-36H,32H2,1H3. The fourth-order valence-electron chi connectivity index (χ4n) is 7.21. The molecule has 0 bridgehead atoms. The first-order chi connectivity index (χ1) is 26.6. The molecule has 0 heterocycles.